The van der Waals surface area contributed by atoms with Crippen molar-refractivity contribution in [3.8, 4) is 0 Å². The summed E-state index contributed by atoms with van der Waals surface area (Å²) in [6.07, 6.45) is 6.77. The van der Waals surface area contributed by atoms with Crippen molar-refractivity contribution in [3.63, 3.8) is 0 Å². The first-order valence-corrected chi connectivity index (χ1v) is 9.04. The van der Waals surface area contributed by atoms with Crippen LogP contribution < -0.4 is 5.32 Å². The zero-order valence-electron chi connectivity index (χ0n) is 14.1. The van der Waals surface area contributed by atoms with Crippen molar-refractivity contribution >= 4 is 6.03 Å². The number of rotatable bonds is 4. The van der Waals surface area contributed by atoms with Crippen LogP contribution in [0, 0.1) is 5.92 Å². The Morgan fingerprint density at radius 3 is 2.50 bits per heavy atom. The molecule has 1 N–H and O–H groups in total. The van der Waals surface area contributed by atoms with Crippen molar-refractivity contribution in [2.75, 3.05) is 32.7 Å². The number of carbonyl (C=O) groups is 1. The second-order valence-corrected chi connectivity index (χ2v) is 7.45. The summed E-state index contributed by atoms with van der Waals surface area (Å²) in [5, 5.41) is 3.16. The summed E-state index contributed by atoms with van der Waals surface area (Å²) in [7, 11) is 0. The third-order valence-corrected chi connectivity index (χ3v) is 5.37. The molecule has 5 nitrogen and oxygen atoms in total. The fourth-order valence-electron chi connectivity index (χ4n) is 4.05. The maximum absolute atomic E-state index is 12.4. The van der Waals surface area contributed by atoms with Crippen LogP contribution in [0.25, 0.3) is 0 Å². The number of carbonyl (C=O) groups excluding carboxylic acids is 1. The van der Waals surface area contributed by atoms with Gasteiger partial charge in [-0.2, -0.15) is 0 Å². The van der Waals surface area contributed by atoms with Crippen LogP contribution in [0.4, 0.5) is 4.79 Å². The van der Waals surface area contributed by atoms with Crippen molar-refractivity contribution in [3.05, 3.63) is 0 Å². The first-order chi connectivity index (χ1) is 10.6. The smallest absolute Gasteiger partial charge is 0.317 e. The van der Waals surface area contributed by atoms with Gasteiger partial charge in [-0.3, -0.25) is 4.90 Å². The molecule has 3 rings (SSSR count). The Balaban J connectivity index is 1.48. The molecule has 0 bridgehead atoms. The third-order valence-electron chi connectivity index (χ3n) is 5.37. The van der Waals surface area contributed by atoms with Crippen molar-refractivity contribution in [2.24, 2.45) is 5.92 Å². The summed E-state index contributed by atoms with van der Waals surface area (Å²) < 4.78 is 5.80. The van der Waals surface area contributed by atoms with E-state index in [-0.39, 0.29) is 6.03 Å². The highest BCUT2D eigenvalue weighted by Gasteiger charge is 2.32. The van der Waals surface area contributed by atoms with Crippen molar-refractivity contribution in [1.29, 1.82) is 0 Å². The van der Waals surface area contributed by atoms with Gasteiger partial charge in [-0.1, -0.05) is 6.42 Å². The van der Waals surface area contributed by atoms with Crippen LogP contribution in [0.1, 0.15) is 46.0 Å². The Kier molecular flexibility index (Phi) is 5.24. The summed E-state index contributed by atoms with van der Waals surface area (Å²) in [6, 6.07) is 0.530. The van der Waals surface area contributed by atoms with E-state index in [0.717, 1.165) is 51.5 Å². The number of amides is 2. The van der Waals surface area contributed by atoms with Gasteiger partial charge in [0.15, 0.2) is 0 Å². The highest BCUT2D eigenvalue weighted by molar-refractivity contribution is 5.74. The second-order valence-electron chi connectivity index (χ2n) is 7.45. The van der Waals surface area contributed by atoms with Crippen LogP contribution in [0.15, 0.2) is 0 Å². The molecule has 2 amide bonds. The van der Waals surface area contributed by atoms with E-state index in [0.29, 0.717) is 18.2 Å². The van der Waals surface area contributed by atoms with Gasteiger partial charge in [-0.15, -0.1) is 0 Å². The van der Waals surface area contributed by atoms with Crippen LogP contribution in [0.5, 0.6) is 0 Å². The number of hydrogen-bond acceptors (Lipinski definition) is 3. The summed E-state index contributed by atoms with van der Waals surface area (Å²) in [5.41, 5.74) is 0. The van der Waals surface area contributed by atoms with Crippen LogP contribution in [-0.4, -0.2) is 66.8 Å². The Morgan fingerprint density at radius 2 is 1.86 bits per heavy atom. The summed E-state index contributed by atoms with van der Waals surface area (Å²) in [6.45, 7) is 9.02. The number of morpholine rings is 1. The van der Waals surface area contributed by atoms with E-state index >= 15 is 0 Å². The molecular formula is C17H31N3O2. The average Bonchev–Trinajstić information content (AvgIpc) is 2.83. The predicted molar refractivity (Wildman–Crippen MR) is 86.9 cm³/mol. The minimum atomic E-state index is 0.156. The lowest BCUT2D eigenvalue weighted by Gasteiger charge is -2.38. The van der Waals surface area contributed by atoms with E-state index in [1.165, 1.54) is 19.3 Å². The molecule has 2 saturated heterocycles. The molecule has 3 atom stereocenters. The fourth-order valence-corrected chi connectivity index (χ4v) is 4.05. The molecule has 0 aromatic rings. The van der Waals surface area contributed by atoms with Gasteiger partial charge in [0, 0.05) is 38.8 Å². The quantitative estimate of drug-likeness (QED) is 0.865. The van der Waals surface area contributed by atoms with Gasteiger partial charge in [0.2, 0.25) is 0 Å². The zero-order chi connectivity index (χ0) is 15.5. The standard InChI is InChI=1S/C17H31N3O2/c1-13-10-19(11-14(2)22-13)12-16-7-4-8-20(16)17(21)18-9-15-5-3-6-15/h13-16H,3-12H2,1-2H3,(H,18,21)/t13-,14+,16-/m0/s1. The Labute approximate surface area is 134 Å². The molecule has 22 heavy (non-hydrogen) atoms. The Hall–Kier alpha value is -0.810. The lowest BCUT2D eigenvalue weighted by molar-refractivity contribution is -0.0713. The molecule has 3 aliphatic rings. The minimum absolute atomic E-state index is 0.156. The van der Waals surface area contributed by atoms with Gasteiger partial charge in [0.25, 0.3) is 0 Å². The number of nitrogens with zero attached hydrogens (tertiary/aromatic N) is 2. The van der Waals surface area contributed by atoms with Gasteiger partial charge in [0.1, 0.15) is 0 Å². The van der Waals surface area contributed by atoms with Crippen molar-refractivity contribution < 1.29 is 9.53 Å². The molecule has 0 radical (unpaired) electrons. The van der Waals surface area contributed by atoms with Crippen LogP contribution in [0.3, 0.4) is 0 Å². The van der Waals surface area contributed by atoms with E-state index in [9.17, 15) is 4.79 Å². The van der Waals surface area contributed by atoms with Gasteiger partial charge in [-0.05, 0) is 45.4 Å². The lowest BCUT2D eigenvalue weighted by atomic mass is 9.85. The highest BCUT2D eigenvalue weighted by atomic mass is 16.5. The lowest BCUT2D eigenvalue weighted by Crippen LogP contribution is -2.52. The molecule has 2 heterocycles. The second kappa shape index (κ2) is 7.18. The number of likely N-dealkylation sites (tertiary alicyclic amines) is 1. The maximum atomic E-state index is 12.4. The number of hydrogen-bond donors (Lipinski definition) is 1. The van der Waals surface area contributed by atoms with E-state index in [1.54, 1.807) is 0 Å². The highest BCUT2D eigenvalue weighted by Crippen LogP contribution is 2.26. The molecule has 126 valence electrons. The van der Waals surface area contributed by atoms with Crippen LogP contribution in [0.2, 0.25) is 0 Å². The monoisotopic (exact) mass is 309 g/mol. The molecule has 1 aliphatic carbocycles. The van der Waals surface area contributed by atoms with Crippen LogP contribution >= 0.6 is 0 Å². The molecule has 1 saturated carbocycles. The fraction of sp³-hybridized carbons (Fsp3) is 0.941. The minimum Gasteiger partial charge on any atom is -0.373 e. The van der Waals surface area contributed by atoms with Gasteiger partial charge in [-0.25, -0.2) is 4.79 Å². The molecule has 0 aromatic carbocycles. The maximum Gasteiger partial charge on any atom is 0.317 e. The Bertz CT molecular complexity index is 376. The van der Waals surface area contributed by atoms with E-state index in [1.807, 2.05) is 0 Å². The zero-order valence-corrected chi connectivity index (χ0v) is 14.1. The molecule has 0 aromatic heterocycles. The molecular weight excluding hydrogens is 278 g/mol. The van der Waals surface area contributed by atoms with Gasteiger partial charge < -0.3 is 15.0 Å². The molecule has 5 heteroatoms. The van der Waals surface area contributed by atoms with Crippen molar-refractivity contribution in [1.82, 2.24) is 15.1 Å². The van der Waals surface area contributed by atoms with Crippen molar-refractivity contribution in [2.45, 2.75) is 64.2 Å². The normalized spacial score (nSPS) is 33.7. The summed E-state index contributed by atoms with van der Waals surface area (Å²) >= 11 is 0. The number of ether oxygens (including phenoxy) is 1. The molecule has 0 spiro atoms. The Morgan fingerprint density at radius 1 is 1.14 bits per heavy atom. The first kappa shape index (κ1) is 16.1. The van der Waals surface area contributed by atoms with Gasteiger partial charge >= 0.3 is 6.03 Å². The van der Waals surface area contributed by atoms with E-state index < -0.39 is 0 Å². The number of nitrogens with one attached hydrogen (secondary N) is 1. The topological polar surface area (TPSA) is 44.8 Å². The van der Waals surface area contributed by atoms with E-state index in [2.05, 4.69) is 29.0 Å². The van der Waals surface area contributed by atoms with Crippen LogP contribution in [-0.2, 0) is 4.74 Å². The largest absolute Gasteiger partial charge is 0.373 e. The van der Waals surface area contributed by atoms with E-state index in [4.69, 9.17) is 4.74 Å². The first-order valence-electron chi connectivity index (χ1n) is 9.04. The summed E-state index contributed by atoms with van der Waals surface area (Å²) in [4.78, 5) is 17.0. The average molecular weight is 309 g/mol. The third kappa shape index (κ3) is 3.93. The SMILES string of the molecule is C[C@@H]1CN(C[C@@H]2CCCN2C(=O)NCC2CCC2)C[C@H](C)O1. The van der Waals surface area contributed by atoms with Gasteiger partial charge in [0.05, 0.1) is 12.2 Å². The predicted octanol–water partition coefficient (Wildman–Crippen LogP) is 2.07. The molecule has 3 fully saturated rings. The molecule has 0 unspecified atom stereocenters. The number of urea groups is 1. The summed E-state index contributed by atoms with van der Waals surface area (Å²) in [5.74, 6) is 0.728. The molecule has 2 aliphatic heterocycles.